The first-order chi connectivity index (χ1) is 8.61. The Balaban J connectivity index is 1.99. The topological polar surface area (TPSA) is 29.5 Å². The molecule has 0 radical (unpaired) electrons. The maximum absolute atomic E-state index is 13.0. The number of benzene rings is 1. The average molecular weight is 283 g/mol. The van der Waals surface area contributed by atoms with Crippen LogP contribution in [0.5, 0.6) is 0 Å². The summed E-state index contributed by atoms with van der Waals surface area (Å²) in [6.45, 7) is 0.344. The van der Waals surface area contributed by atoms with Gasteiger partial charge in [-0.2, -0.15) is 0 Å². The van der Waals surface area contributed by atoms with E-state index in [1.54, 1.807) is 12.1 Å². The van der Waals surface area contributed by atoms with Gasteiger partial charge in [-0.25, -0.2) is 4.39 Å². The molecule has 0 aromatic heterocycles. The molecule has 0 saturated carbocycles. The van der Waals surface area contributed by atoms with Crippen LogP contribution in [0, 0.1) is 5.82 Å². The van der Waals surface area contributed by atoms with Crippen LogP contribution in [0.4, 0.5) is 10.1 Å². The molecule has 0 aliphatic carbocycles. The highest BCUT2D eigenvalue weighted by Crippen LogP contribution is 2.42. The van der Waals surface area contributed by atoms with Gasteiger partial charge in [0, 0.05) is 11.4 Å². The van der Waals surface area contributed by atoms with Crippen LogP contribution in [0.3, 0.4) is 0 Å². The van der Waals surface area contributed by atoms with Gasteiger partial charge in [-0.15, -0.1) is 0 Å². The number of thiocarbonyl (C=S) groups is 1. The molecule has 18 heavy (non-hydrogen) atoms. The van der Waals surface area contributed by atoms with E-state index in [1.807, 2.05) is 4.90 Å². The molecule has 1 atom stereocenters. The molecule has 1 aromatic carbocycles. The monoisotopic (exact) mass is 283 g/mol. The highest BCUT2D eigenvalue weighted by molar-refractivity contribution is 8.23. The molecule has 3 rings (SSSR count). The number of halogens is 1. The van der Waals surface area contributed by atoms with Crippen molar-refractivity contribution in [2.75, 3.05) is 17.3 Å². The lowest BCUT2D eigenvalue weighted by Gasteiger charge is -2.32. The number of cyclic esters (lactones) is 1. The molecular formula is C12H10FNO2S2. The van der Waals surface area contributed by atoms with Crippen LogP contribution in [0.1, 0.15) is 6.42 Å². The number of rotatable bonds is 1. The summed E-state index contributed by atoms with van der Waals surface area (Å²) in [4.78, 5) is 13.3. The van der Waals surface area contributed by atoms with Crippen LogP contribution in [0.2, 0.25) is 0 Å². The van der Waals surface area contributed by atoms with Crippen molar-refractivity contribution >= 4 is 40.0 Å². The van der Waals surface area contributed by atoms with Gasteiger partial charge in [0.1, 0.15) is 22.3 Å². The van der Waals surface area contributed by atoms with E-state index in [9.17, 15) is 9.18 Å². The molecule has 2 fully saturated rings. The third-order valence-corrected chi connectivity index (χ3v) is 4.83. The number of hydrogen-bond acceptors (Lipinski definition) is 4. The van der Waals surface area contributed by atoms with Gasteiger partial charge in [0.15, 0.2) is 0 Å². The van der Waals surface area contributed by atoms with E-state index in [-0.39, 0.29) is 11.8 Å². The number of thioether (sulfide) groups is 1. The lowest BCUT2D eigenvalue weighted by atomic mass is 9.98. The van der Waals surface area contributed by atoms with Crippen LogP contribution < -0.4 is 4.90 Å². The quantitative estimate of drug-likeness (QED) is 0.583. The molecule has 6 heteroatoms. The molecule has 3 nitrogen and oxygen atoms in total. The molecule has 1 spiro atoms. The molecule has 1 unspecified atom stereocenters. The zero-order valence-corrected chi connectivity index (χ0v) is 11.0. The molecule has 2 aliphatic rings. The largest absolute Gasteiger partial charge is 0.463 e. The number of hydrogen-bond donors (Lipinski definition) is 0. The Kier molecular flexibility index (Phi) is 2.79. The van der Waals surface area contributed by atoms with Crippen LogP contribution in [-0.4, -0.2) is 28.2 Å². The predicted octanol–water partition coefficient (Wildman–Crippen LogP) is 2.35. The number of ether oxygens (including phenoxy) is 1. The first kappa shape index (κ1) is 11.9. The predicted molar refractivity (Wildman–Crippen MR) is 72.2 cm³/mol. The summed E-state index contributed by atoms with van der Waals surface area (Å²) in [6, 6.07) is 6.15. The van der Waals surface area contributed by atoms with E-state index in [0.717, 1.165) is 11.4 Å². The van der Waals surface area contributed by atoms with Crippen molar-refractivity contribution in [3.05, 3.63) is 30.1 Å². The van der Waals surface area contributed by atoms with Gasteiger partial charge in [0.05, 0.1) is 6.42 Å². The maximum Gasteiger partial charge on any atom is 0.308 e. The van der Waals surface area contributed by atoms with Gasteiger partial charge in [0.2, 0.25) is 0 Å². The third-order valence-electron chi connectivity index (χ3n) is 3.18. The summed E-state index contributed by atoms with van der Waals surface area (Å²) < 4.78 is 18.8. The van der Waals surface area contributed by atoms with Gasteiger partial charge in [0.25, 0.3) is 0 Å². The maximum atomic E-state index is 13.0. The Morgan fingerprint density at radius 2 is 2.11 bits per heavy atom. The zero-order valence-electron chi connectivity index (χ0n) is 9.39. The summed E-state index contributed by atoms with van der Waals surface area (Å²) in [7, 11) is 0. The number of carbonyl (C=O) groups is 1. The van der Waals surface area contributed by atoms with Crippen LogP contribution in [0.15, 0.2) is 24.3 Å². The standard InChI is InChI=1S/C12H10FNO2S2/c13-8-1-3-9(4-2-8)14-11(17)18-7-12(14)5-10(15)16-6-12/h1-4H,5-7H2. The Bertz CT molecular complexity index is 515. The molecule has 0 amide bonds. The number of nitrogens with zero attached hydrogens (tertiary/aromatic N) is 1. The van der Waals surface area contributed by atoms with E-state index in [4.69, 9.17) is 17.0 Å². The zero-order chi connectivity index (χ0) is 12.8. The fourth-order valence-corrected chi connectivity index (χ4v) is 3.92. The minimum Gasteiger partial charge on any atom is -0.463 e. The van der Waals surface area contributed by atoms with Gasteiger partial charge >= 0.3 is 5.97 Å². The normalized spacial score (nSPS) is 27.1. The van der Waals surface area contributed by atoms with Crippen molar-refractivity contribution in [3.63, 3.8) is 0 Å². The minimum absolute atomic E-state index is 0.201. The summed E-state index contributed by atoms with van der Waals surface area (Å²) >= 11 is 6.87. The Hall–Kier alpha value is -1.14. The molecule has 2 aliphatic heterocycles. The fourth-order valence-electron chi connectivity index (χ4n) is 2.31. The molecule has 2 saturated heterocycles. The molecule has 0 bridgehead atoms. The highest BCUT2D eigenvalue weighted by atomic mass is 32.2. The summed E-state index contributed by atoms with van der Waals surface area (Å²) in [5.74, 6) is 0.242. The summed E-state index contributed by atoms with van der Waals surface area (Å²) in [6.07, 6.45) is 0.331. The van der Waals surface area contributed by atoms with Crippen LogP contribution >= 0.6 is 24.0 Å². The number of esters is 1. The van der Waals surface area contributed by atoms with Crippen LogP contribution in [-0.2, 0) is 9.53 Å². The highest BCUT2D eigenvalue weighted by Gasteiger charge is 2.51. The van der Waals surface area contributed by atoms with Crippen molar-refractivity contribution in [3.8, 4) is 0 Å². The number of anilines is 1. The lowest BCUT2D eigenvalue weighted by Crippen LogP contribution is -2.48. The Morgan fingerprint density at radius 1 is 1.39 bits per heavy atom. The molecular weight excluding hydrogens is 273 g/mol. The summed E-state index contributed by atoms with van der Waals surface area (Å²) in [5, 5.41) is 0. The molecule has 94 valence electrons. The first-order valence-electron chi connectivity index (χ1n) is 5.49. The summed E-state index contributed by atoms with van der Waals surface area (Å²) in [5.41, 5.74) is 0.418. The smallest absolute Gasteiger partial charge is 0.308 e. The van der Waals surface area contributed by atoms with E-state index in [0.29, 0.717) is 17.3 Å². The third kappa shape index (κ3) is 1.80. The second kappa shape index (κ2) is 4.20. The molecule has 0 N–H and O–H groups in total. The van der Waals surface area contributed by atoms with Crippen molar-refractivity contribution in [2.24, 2.45) is 0 Å². The second-order valence-electron chi connectivity index (χ2n) is 4.43. The second-order valence-corrected chi connectivity index (χ2v) is 6.04. The van der Waals surface area contributed by atoms with Gasteiger partial charge in [-0.05, 0) is 24.3 Å². The molecule has 1 aromatic rings. The lowest BCUT2D eigenvalue weighted by molar-refractivity contribution is -0.137. The Morgan fingerprint density at radius 3 is 2.72 bits per heavy atom. The van der Waals surface area contributed by atoms with Crippen molar-refractivity contribution < 1.29 is 13.9 Å². The van der Waals surface area contributed by atoms with Crippen molar-refractivity contribution in [1.29, 1.82) is 0 Å². The molecule has 2 heterocycles. The van der Waals surface area contributed by atoms with Gasteiger partial charge in [-0.3, -0.25) is 4.79 Å². The number of carbonyl (C=O) groups excluding carboxylic acids is 1. The van der Waals surface area contributed by atoms with Crippen molar-refractivity contribution in [2.45, 2.75) is 12.0 Å². The fraction of sp³-hybridized carbons (Fsp3) is 0.333. The van der Waals surface area contributed by atoms with Gasteiger partial charge < -0.3 is 9.64 Å². The van der Waals surface area contributed by atoms with Crippen LogP contribution in [0.25, 0.3) is 0 Å². The van der Waals surface area contributed by atoms with E-state index < -0.39 is 5.54 Å². The minimum atomic E-state index is -0.392. The first-order valence-corrected chi connectivity index (χ1v) is 6.88. The van der Waals surface area contributed by atoms with E-state index >= 15 is 0 Å². The Labute approximate surface area is 113 Å². The SMILES string of the molecule is O=C1CC2(CO1)CSC(=S)N2c1ccc(F)cc1. The van der Waals surface area contributed by atoms with E-state index in [2.05, 4.69) is 0 Å². The van der Waals surface area contributed by atoms with Crippen molar-refractivity contribution in [1.82, 2.24) is 0 Å². The van der Waals surface area contributed by atoms with Gasteiger partial charge in [-0.1, -0.05) is 24.0 Å². The average Bonchev–Trinajstić information content (AvgIpc) is 2.86. The van der Waals surface area contributed by atoms with E-state index in [1.165, 1.54) is 23.9 Å².